The fourth-order valence-corrected chi connectivity index (χ4v) is 2.20. The highest BCUT2D eigenvalue weighted by Crippen LogP contribution is 2.27. The molecule has 1 aliphatic rings. The van der Waals surface area contributed by atoms with Crippen LogP contribution in [0.5, 0.6) is 0 Å². The first-order valence-electron chi connectivity index (χ1n) is 4.20. The summed E-state index contributed by atoms with van der Waals surface area (Å²) < 4.78 is 58.4. The van der Waals surface area contributed by atoms with Crippen LogP contribution in [0, 0.1) is 0 Å². The van der Waals surface area contributed by atoms with Crippen LogP contribution in [0.15, 0.2) is 0 Å². The Balaban J connectivity index is 2.72. The summed E-state index contributed by atoms with van der Waals surface area (Å²) in [6.07, 6.45) is -1.27. The van der Waals surface area contributed by atoms with Crippen molar-refractivity contribution < 1.29 is 31.5 Å². The highest BCUT2D eigenvalue weighted by atomic mass is 32.2. The number of rotatable bonds is 1. The van der Waals surface area contributed by atoms with Gasteiger partial charge in [-0.25, -0.2) is 13.2 Å². The molecule has 0 bridgehead atoms. The van der Waals surface area contributed by atoms with Crippen LogP contribution in [-0.2, 0) is 10.0 Å². The largest absolute Gasteiger partial charge is 0.511 e. The average molecular weight is 262 g/mol. The van der Waals surface area contributed by atoms with Crippen molar-refractivity contribution in [3.05, 3.63) is 0 Å². The lowest BCUT2D eigenvalue weighted by Gasteiger charge is -2.32. The van der Waals surface area contributed by atoms with E-state index in [2.05, 4.69) is 0 Å². The van der Waals surface area contributed by atoms with E-state index in [1.165, 1.54) is 0 Å². The summed E-state index contributed by atoms with van der Waals surface area (Å²) in [4.78, 5) is 11.3. The van der Waals surface area contributed by atoms with Crippen molar-refractivity contribution in [1.29, 1.82) is 0 Å². The zero-order chi connectivity index (χ0) is 12.6. The van der Waals surface area contributed by atoms with Crippen molar-refractivity contribution in [2.24, 2.45) is 0 Å². The van der Waals surface area contributed by atoms with Crippen molar-refractivity contribution in [2.45, 2.75) is 5.51 Å². The van der Waals surface area contributed by atoms with E-state index >= 15 is 0 Å². The van der Waals surface area contributed by atoms with Crippen molar-refractivity contribution in [3.8, 4) is 0 Å². The molecule has 0 radical (unpaired) electrons. The molecule has 10 heteroatoms. The van der Waals surface area contributed by atoms with Crippen molar-refractivity contribution >= 4 is 16.1 Å². The standard InChI is InChI=1S/C6H9F3N2O4S/c7-6(8,9)16(14,15)11-3-1-10(2-4-11)5(12)13/h1-4H2,(H,12,13). The molecule has 0 aromatic rings. The molecule has 1 heterocycles. The molecular formula is C6H9F3N2O4S. The van der Waals surface area contributed by atoms with Gasteiger partial charge in [0.25, 0.3) is 0 Å². The molecule has 1 amide bonds. The van der Waals surface area contributed by atoms with Gasteiger partial charge in [0.1, 0.15) is 0 Å². The first kappa shape index (κ1) is 13.0. The molecule has 1 saturated heterocycles. The highest BCUT2D eigenvalue weighted by Gasteiger charge is 2.50. The minimum Gasteiger partial charge on any atom is -0.465 e. The number of piperazine rings is 1. The zero-order valence-corrected chi connectivity index (χ0v) is 8.75. The topological polar surface area (TPSA) is 77.9 Å². The Morgan fingerprint density at radius 1 is 1.12 bits per heavy atom. The van der Waals surface area contributed by atoms with Crippen LogP contribution in [0.3, 0.4) is 0 Å². The molecule has 0 aromatic heterocycles. The van der Waals surface area contributed by atoms with Gasteiger partial charge < -0.3 is 10.0 Å². The minimum atomic E-state index is -5.33. The third-order valence-electron chi connectivity index (χ3n) is 2.14. The van der Waals surface area contributed by atoms with Gasteiger partial charge in [0.2, 0.25) is 0 Å². The molecule has 0 atom stereocenters. The number of alkyl halides is 3. The second-order valence-electron chi connectivity index (χ2n) is 3.12. The maximum atomic E-state index is 12.1. The van der Waals surface area contributed by atoms with E-state index in [0.29, 0.717) is 0 Å². The molecule has 0 aliphatic carbocycles. The lowest BCUT2D eigenvalue weighted by molar-refractivity contribution is -0.0497. The number of halogens is 3. The average Bonchev–Trinajstić information content (AvgIpc) is 2.16. The summed E-state index contributed by atoms with van der Waals surface area (Å²) in [6, 6.07) is 0. The van der Waals surface area contributed by atoms with E-state index in [1.54, 1.807) is 0 Å². The van der Waals surface area contributed by atoms with Crippen LogP contribution in [0.2, 0.25) is 0 Å². The van der Waals surface area contributed by atoms with Crippen molar-refractivity contribution in [2.75, 3.05) is 26.2 Å². The van der Waals surface area contributed by atoms with Gasteiger partial charge >= 0.3 is 21.6 Å². The molecule has 1 aliphatic heterocycles. The van der Waals surface area contributed by atoms with Crippen LogP contribution in [0.4, 0.5) is 18.0 Å². The van der Waals surface area contributed by atoms with Crippen molar-refractivity contribution in [3.63, 3.8) is 0 Å². The van der Waals surface area contributed by atoms with Gasteiger partial charge in [-0.05, 0) is 0 Å². The number of hydrogen-bond acceptors (Lipinski definition) is 3. The predicted octanol–water partition coefficient (Wildman–Crippen LogP) is 0.132. The van der Waals surface area contributed by atoms with Crippen LogP contribution >= 0.6 is 0 Å². The van der Waals surface area contributed by atoms with Gasteiger partial charge in [-0.3, -0.25) is 0 Å². The zero-order valence-electron chi connectivity index (χ0n) is 7.94. The summed E-state index contributed by atoms with van der Waals surface area (Å²) in [5, 5.41) is 8.52. The molecule has 1 fully saturated rings. The van der Waals surface area contributed by atoms with Gasteiger partial charge in [0, 0.05) is 26.2 Å². The number of hydrogen-bond donors (Lipinski definition) is 1. The van der Waals surface area contributed by atoms with Crippen LogP contribution < -0.4 is 0 Å². The third kappa shape index (κ3) is 2.38. The molecule has 1 rings (SSSR count). The fraction of sp³-hybridized carbons (Fsp3) is 0.833. The summed E-state index contributed by atoms with van der Waals surface area (Å²) in [6.45, 7) is -1.47. The molecule has 6 nitrogen and oxygen atoms in total. The summed E-state index contributed by atoms with van der Waals surface area (Å²) in [5.74, 6) is 0. The molecule has 16 heavy (non-hydrogen) atoms. The quantitative estimate of drug-likeness (QED) is 0.728. The number of carboxylic acid groups (broad SMARTS) is 1. The number of amides is 1. The Bertz CT molecular complexity index is 372. The third-order valence-corrected chi connectivity index (χ3v) is 3.77. The molecule has 0 aromatic carbocycles. The summed E-state index contributed by atoms with van der Waals surface area (Å²) in [5.41, 5.74) is -5.33. The van der Waals surface area contributed by atoms with Crippen molar-refractivity contribution in [1.82, 2.24) is 9.21 Å². The Hall–Kier alpha value is -1.03. The summed E-state index contributed by atoms with van der Waals surface area (Å²) in [7, 11) is -5.33. The second kappa shape index (κ2) is 4.09. The first-order valence-corrected chi connectivity index (χ1v) is 5.64. The van der Waals surface area contributed by atoms with E-state index in [9.17, 15) is 26.4 Å². The van der Waals surface area contributed by atoms with Gasteiger partial charge in [-0.2, -0.15) is 17.5 Å². The Kier molecular flexibility index (Phi) is 3.33. The predicted molar refractivity (Wildman–Crippen MR) is 46.1 cm³/mol. The van der Waals surface area contributed by atoms with E-state index in [4.69, 9.17) is 5.11 Å². The molecule has 94 valence electrons. The van der Waals surface area contributed by atoms with Gasteiger partial charge in [0.15, 0.2) is 0 Å². The van der Waals surface area contributed by atoms with E-state index in [0.717, 1.165) is 4.90 Å². The molecule has 1 N–H and O–H groups in total. The lowest BCUT2D eigenvalue weighted by Crippen LogP contribution is -2.53. The van der Waals surface area contributed by atoms with Gasteiger partial charge in [-0.1, -0.05) is 0 Å². The van der Waals surface area contributed by atoms with E-state index in [-0.39, 0.29) is 17.4 Å². The maximum absolute atomic E-state index is 12.1. The Morgan fingerprint density at radius 2 is 1.56 bits per heavy atom. The molecule has 0 saturated carbocycles. The molecular weight excluding hydrogens is 253 g/mol. The molecule has 0 unspecified atom stereocenters. The normalized spacial score (nSPS) is 19.8. The summed E-state index contributed by atoms with van der Waals surface area (Å²) >= 11 is 0. The number of carbonyl (C=O) groups is 1. The molecule has 0 spiro atoms. The second-order valence-corrected chi connectivity index (χ2v) is 5.05. The maximum Gasteiger partial charge on any atom is 0.511 e. The van der Waals surface area contributed by atoms with Crippen LogP contribution in [-0.4, -0.2) is 60.5 Å². The highest BCUT2D eigenvalue weighted by molar-refractivity contribution is 7.90. The number of sulfonamides is 1. The Morgan fingerprint density at radius 3 is 1.88 bits per heavy atom. The number of nitrogens with zero attached hydrogens (tertiary/aromatic N) is 2. The van der Waals surface area contributed by atoms with Gasteiger partial charge in [-0.15, -0.1) is 0 Å². The van der Waals surface area contributed by atoms with E-state index < -0.39 is 34.7 Å². The van der Waals surface area contributed by atoms with E-state index in [1.807, 2.05) is 0 Å². The lowest BCUT2D eigenvalue weighted by atomic mass is 10.4. The fourth-order valence-electron chi connectivity index (χ4n) is 1.27. The van der Waals surface area contributed by atoms with Gasteiger partial charge in [0.05, 0.1) is 0 Å². The minimum absolute atomic E-state index is 0.242. The smallest absolute Gasteiger partial charge is 0.465 e. The monoisotopic (exact) mass is 262 g/mol. The first-order chi connectivity index (χ1) is 7.16. The van der Waals surface area contributed by atoms with Crippen LogP contribution in [0.1, 0.15) is 0 Å². The Labute approximate surface area is 89.3 Å². The SMILES string of the molecule is O=C(O)N1CCN(S(=O)(=O)C(F)(F)F)CC1. The van der Waals surface area contributed by atoms with Crippen LogP contribution in [0.25, 0.3) is 0 Å².